The van der Waals surface area contributed by atoms with Gasteiger partial charge in [-0.3, -0.25) is 4.79 Å². The molecule has 6 heteroatoms. The minimum absolute atomic E-state index is 0.0779. The number of aryl methyl sites for hydroxylation is 2. The SMILES string of the molecule is Cc1ccc(C[C@@H]2SC(N=C(N)N)=NC2=O)cc1C. The van der Waals surface area contributed by atoms with Crippen LogP contribution in [0.4, 0.5) is 0 Å². The molecule has 19 heavy (non-hydrogen) atoms. The van der Waals surface area contributed by atoms with E-state index in [0.717, 1.165) is 5.56 Å². The van der Waals surface area contributed by atoms with Crippen LogP contribution in [0.25, 0.3) is 0 Å². The standard InChI is InChI=1S/C13H16N4OS/c1-7-3-4-9(5-8(7)2)6-10-11(18)16-13(19-10)17-12(14)15/h3-5,10H,6H2,1-2H3,(H4,14,15,16,17,18)/t10-/m0/s1. The van der Waals surface area contributed by atoms with E-state index in [0.29, 0.717) is 11.6 Å². The van der Waals surface area contributed by atoms with Gasteiger partial charge in [0.25, 0.3) is 5.91 Å². The summed E-state index contributed by atoms with van der Waals surface area (Å²) in [6, 6.07) is 6.20. The molecule has 0 bridgehead atoms. The summed E-state index contributed by atoms with van der Waals surface area (Å²) in [7, 11) is 0. The molecule has 0 spiro atoms. The summed E-state index contributed by atoms with van der Waals surface area (Å²) < 4.78 is 0. The van der Waals surface area contributed by atoms with Crippen molar-refractivity contribution in [2.45, 2.75) is 25.5 Å². The van der Waals surface area contributed by atoms with Crippen molar-refractivity contribution < 1.29 is 4.79 Å². The molecule has 0 fully saturated rings. The molecule has 4 N–H and O–H groups in total. The first kappa shape index (κ1) is 13.6. The molecule has 0 saturated carbocycles. The first-order valence-electron chi connectivity index (χ1n) is 5.90. The van der Waals surface area contributed by atoms with Gasteiger partial charge in [-0.15, -0.1) is 0 Å². The minimum atomic E-state index is -0.236. The molecule has 1 aromatic carbocycles. The second-order valence-corrected chi connectivity index (χ2v) is 5.67. The van der Waals surface area contributed by atoms with Crippen molar-refractivity contribution in [2.75, 3.05) is 0 Å². The average molecular weight is 276 g/mol. The van der Waals surface area contributed by atoms with Crippen molar-refractivity contribution in [3.8, 4) is 0 Å². The lowest BCUT2D eigenvalue weighted by Gasteiger charge is -2.08. The van der Waals surface area contributed by atoms with Gasteiger partial charge in [-0.05, 0) is 37.0 Å². The lowest BCUT2D eigenvalue weighted by atomic mass is 10.0. The van der Waals surface area contributed by atoms with E-state index in [4.69, 9.17) is 11.5 Å². The van der Waals surface area contributed by atoms with Gasteiger partial charge in [-0.25, -0.2) is 0 Å². The van der Waals surface area contributed by atoms with Crippen LogP contribution in [0.1, 0.15) is 16.7 Å². The van der Waals surface area contributed by atoms with Crippen molar-refractivity contribution in [1.29, 1.82) is 0 Å². The summed E-state index contributed by atoms with van der Waals surface area (Å²) >= 11 is 1.30. The Bertz CT molecular complexity index is 576. The maximum Gasteiger partial charge on any atom is 0.262 e. The molecule has 5 nitrogen and oxygen atoms in total. The number of hydrogen-bond donors (Lipinski definition) is 2. The maximum atomic E-state index is 11.8. The molecule has 2 rings (SSSR count). The second kappa shape index (κ2) is 5.44. The van der Waals surface area contributed by atoms with Crippen LogP contribution < -0.4 is 11.5 Å². The van der Waals surface area contributed by atoms with Gasteiger partial charge < -0.3 is 11.5 Å². The molecule has 1 atom stereocenters. The van der Waals surface area contributed by atoms with Gasteiger partial charge in [0.1, 0.15) is 0 Å². The number of rotatable bonds is 2. The van der Waals surface area contributed by atoms with E-state index in [1.54, 1.807) is 0 Å². The fraction of sp³-hybridized carbons (Fsp3) is 0.308. The van der Waals surface area contributed by atoms with E-state index in [1.165, 1.54) is 22.9 Å². The highest BCUT2D eigenvalue weighted by Gasteiger charge is 2.28. The van der Waals surface area contributed by atoms with Crippen molar-refractivity contribution >= 4 is 28.8 Å². The van der Waals surface area contributed by atoms with E-state index in [1.807, 2.05) is 6.07 Å². The smallest absolute Gasteiger partial charge is 0.262 e. The molecule has 1 heterocycles. The summed E-state index contributed by atoms with van der Waals surface area (Å²) in [6.45, 7) is 4.12. The van der Waals surface area contributed by atoms with Crippen LogP contribution in [0.3, 0.4) is 0 Å². The van der Waals surface area contributed by atoms with Crippen LogP contribution in [-0.2, 0) is 11.2 Å². The average Bonchev–Trinajstić information content (AvgIpc) is 2.63. The van der Waals surface area contributed by atoms with Crippen LogP contribution in [0.2, 0.25) is 0 Å². The number of hydrogen-bond acceptors (Lipinski definition) is 3. The Balaban J connectivity index is 2.08. The van der Waals surface area contributed by atoms with Crippen LogP contribution in [0.15, 0.2) is 28.2 Å². The Hall–Kier alpha value is -1.82. The van der Waals surface area contributed by atoms with Gasteiger partial charge in [-0.2, -0.15) is 9.98 Å². The number of amidine groups is 1. The normalized spacial score (nSPS) is 18.3. The monoisotopic (exact) mass is 276 g/mol. The van der Waals surface area contributed by atoms with Gasteiger partial charge in [0, 0.05) is 0 Å². The molecule has 0 saturated heterocycles. The van der Waals surface area contributed by atoms with Gasteiger partial charge in [0.05, 0.1) is 5.25 Å². The van der Waals surface area contributed by atoms with Gasteiger partial charge in [0.2, 0.25) is 0 Å². The Morgan fingerprint density at radius 2 is 2.11 bits per heavy atom. The molecule has 0 unspecified atom stereocenters. The zero-order valence-corrected chi connectivity index (χ0v) is 11.7. The minimum Gasteiger partial charge on any atom is -0.370 e. The highest BCUT2D eigenvalue weighted by molar-refractivity contribution is 8.15. The van der Waals surface area contributed by atoms with E-state index >= 15 is 0 Å². The number of nitrogens with zero attached hydrogens (tertiary/aromatic N) is 2. The summed E-state index contributed by atoms with van der Waals surface area (Å²) in [4.78, 5) is 19.4. The predicted octanol–water partition coefficient (Wildman–Crippen LogP) is 1.12. The molecule has 1 aliphatic heterocycles. The Kier molecular flexibility index (Phi) is 3.90. The Morgan fingerprint density at radius 3 is 2.74 bits per heavy atom. The molecule has 1 amide bonds. The van der Waals surface area contributed by atoms with Crippen LogP contribution in [0, 0.1) is 13.8 Å². The fourth-order valence-electron chi connectivity index (χ4n) is 1.81. The number of amides is 1. The lowest BCUT2D eigenvalue weighted by molar-refractivity contribution is -0.117. The summed E-state index contributed by atoms with van der Waals surface area (Å²) in [5, 5.41) is 0.110. The topological polar surface area (TPSA) is 93.8 Å². The molecule has 1 aliphatic rings. The first-order chi connectivity index (χ1) is 8.95. The van der Waals surface area contributed by atoms with Crippen molar-refractivity contribution in [2.24, 2.45) is 21.5 Å². The Labute approximate surface area is 116 Å². The van der Waals surface area contributed by atoms with E-state index in [-0.39, 0.29) is 17.1 Å². The summed E-state index contributed by atoms with van der Waals surface area (Å²) in [5.74, 6) is -0.255. The van der Waals surface area contributed by atoms with Crippen LogP contribution in [0.5, 0.6) is 0 Å². The number of nitrogens with two attached hydrogens (primary N) is 2. The highest BCUT2D eigenvalue weighted by atomic mass is 32.2. The van der Waals surface area contributed by atoms with Gasteiger partial charge in [-0.1, -0.05) is 30.0 Å². The number of carbonyl (C=O) groups is 1. The largest absolute Gasteiger partial charge is 0.370 e. The van der Waals surface area contributed by atoms with Crippen LogP contribution >= 0.6 is 11.8 Å². The molecular weight excluding hydrogens is 260 g/mol. The fourth-order valence-corrected chi connectivity index (χ4v) is 2.79. The molecule has 0 aliphatic carbocycles. The van der Waals surface area contributed by atoms with Crippen molar-refractivity contribution in [1.82, 2.24) is 0 Å². The molecular formula is C13H16N4OS. The predicted molar refractivity (Wildman–Crippen MR) is 79.3 cm³/mol. The number of guanidine groups is 1. The molecule has 0 aromatic heterocycles. The first-order valence-corrected chi connectivity index (χ1v) is 6.78. The number of thioether (sulfide) groups is 1. The maximum absolute atomic E-state index is 11.8. The molecule has 1 aromatic rings. The molecule has 100 valence electrons. The van der Waals surface area contributed by atoms with E-state index in [2.05, 4.69) is 36.0 Å². The summed E-state index contributed by atoms with van der Waals surface area (Å²) in [6.07, 6.45) is 0.637. The number of carbonyl (C=O) groups excluding carboxylic acids is 1. The van der Waals surface area contributed by atoms with E-state index < -0.39 is 0 Å². The third-order valence-electron chi connectivity index (χ3n) is 2.95. The second-order valence-electron chi connectivity index (χ2n) is 4.50. The zero-order valence-electron chi connectivity index (χ0n) is 10.9. The van der Waals surface area contributed by atoms with Gasteiger partial charge in [0.15, 0.2) is 11.1 Å². The summed E-state index contributed by atoms with van der Waals surface area (Å²) in [5.41, 5.74) is 14.1. The third-order valence-corrected chi connectivity index (χ3v) is 3.99. The lowest BCUT2D eigenvalue weighted by Crippen LogP contribution is -2.23. The quantitative estimate of drug-likeness (QED) is 0.625. The molecule has 0 radical (unpaired) electrons. The number of benzene rings is 1. The van der Waals surface area contributed by atoms with Gasteiger partial charge >= 0.3 is 0 Å². The Morgan fingerprint density at radius 1 is 1.37 bits per heavy atom. The number of aliphatic imine (C=N–C) groups is 2. The third kappa shape index (κ3) is 3.35. The van der Waals surface area contributed by atoms with Crippen molar-refractivity contribution in [3.05, 3.63) is 34.9 Å². The van der Waals surface area contributed by atoms with Crippen molar-refractivity contribution in [3.63, 3.8) is 0 Å². The van der Waals surface area contributed by atoms with E-state index in [9.17, 15) is 4.79 Å². The zero-order chi connectivity index (χ0) is 14.0. The van der Waals surface area contributed by atoms with Crippen LogP contribution in [-0.4, -0.2) is 22.3 Å². The highest BCUT2D eigenvalue weighted by Crippen LogP contribution is 2.26.